The van der Waals surface area contributed by atoms with E-state index >= 15 is 0 Å². The molecule has 0 radical (unpaired) electrons. The summed E-state index contributed by atoms with van der Waals surface area (Å²) in [6.07, 6.45) is 0. The van der Waals surface area contributed by atoms with Crippen molar-refractivity contribution in [1.29, 1.82) is 0 Å². The molecule has 0 spiro atoms. The molecule has 5 nitrogen and oxygen atoms in total. The standard InChI is InChI=1S/C9H8ClNO4/c1-15-9(14)7-3-5(4-10)2-6(11-7)8(12)13/h2-3H,4H2,1H3,(H,12,13). The van der Waals surface area contributed by atoms with Crippen molar-refractivity contribution in [1.82, 2.24) is 4.98 Å². The third kappa shape index (κ3) is 2.66. The van der Waals surface area contributed by atoms with Gasteiger partial charge in [-0.3, -0.25) is 0 Å². The summed E-state index contributed by atoms with van der Waals surface area (Å²) in [5, 5.41) is 8.73. The van der Waals surface area contributed by atoms with E-state index in [9.17, 15) is 9.59 Å². The minimum Gasteiger partial charge on any atom is -0.477 e. The second kappa shape index (κ2) is 4.75. The van der Waals surface area contributed by atoms with E-state index in [0.29, 0.717) is 5.56 Å². The predicted molar refractivity (Wildman–Crippen MR) is 52.1 cm³/mol. The summed E-state index contributed by atoms with van der Waals surface area (Å²) in [5.41, 5.74) is 0.214. The number of hydrogen-bond acceptors (Lipinski definition) is 4. The highest BCUT2D eigenvalue weighted by Crippen LogP contribution is 2.10. The molecule has 0 aromatic carbocycles. The zero-order valence-electron chi connectivity index (χ0n) is 7.86. The smallest absolute Gasteiger partial charge is 0.356 e. The highest BCUT2D eigenvalue weighted by molar-refractivity contribution is 6.17. The maximum Gasteiger partial charge on any atom is 0.356 e. The summed E-state index contributed by atoms with van der Waals surface area (Å²) in [7, 11) is 1.19. The van der Waals surface area contributed by atoms with Crippen LogP contribution in [0.1, 0.15) is 26.5 Å². The van der Waals surface area contributed by atoms with Gasteiger partial charge in [0.05, 0.1) is 7.11 Å². The van der Waals surface area contributed by atoms with Crippen molar-refractivity contribution < 1.29 is 19.4 Å². The summed E-state index contributed by atoms with van der Waals surface area (Å²) in [4.78, 5) is 25.4. The Morgan fingerprint density at radius 3 is 2.53 bits per heavy atom. The van der Waals surface area contributed by atoms with E-state index in [0.717, 1.165) is 0 Å². The number of methoxy groups -OCH3 is 1. The molecule has 80 valence electrons. The Morgan fingerprint density at radius 2 is 2.07 bits per heavy atom. The molecular weight excluding hydrogens is 222 g/mol. The summed E-state index contributed by atoms with van der Waals surface area (Å²) in [6.45, 7) is 0. The fraction of sp³-hybridized carbons (Fsp3) is 0.222. The number of rotatable bonds is 3. The molecule has 0 atom stereocenters. The van der Waals surface area contributed by atoms with Crippen LogP contribution in [0.4, 0.5) is 0 Å². The number of carbonyl (C=O) groups is 2. The maximum atomic E-state index is 11.1. The van der Waals surface area contributed by atoms with Gasteiger partial charge in [0.1, 0.15) is 11.4 Å². The van der Waals surface area contributed by atoms with Crippen molar-refractivity contribution in [3.05, 3.63) is 29.1 Å². The quantitative estimate of drug-likeness (QED) is 0.625. The molecule has 0 aliphatic heterocycles. The molecule has 1 aromatic rings. The van der Waals surface area contributed by atoms with Crippen LogP contribution in [0.5, 0.6) is 0 Å². The van der Waals surface area contributed by atoms with Gasteiger partial charge in [0.2, 0.25) is 0 Å². The van der Waals surface area contributed by atoms with Gasteiger partial charge in [-0.15, -0.1) is 11.6 Å². The second-order valence-electron chi connectivity index (χ2n) is 2.68. The van der Waals surface area contributed by atoms with Crippen LogP contribution in [0.25, 0.3) is 0 Å². The number of carboxylic acid groups (broad SMARTS) is 1. The predicted octanol–water partition coefficient (Wildman–Crippen LogP) is 1.31. The number of carbonyl (C=O) groups excluding carboxylic acids is 1. The molecule has 0 unspecified atom stereocenters. The average Bonchev–Trinajstić information content (AvgIpc) is 2.27. The zero-order chi connectivity index (χ0) is 11.4. The van der Waals surface area contributed by atoms with Gasteiger partial charge in [0.25, 0.3) is 0 Å². The molecule has 0 amide bonds. The van der Waals surface area contributed by atoms with Crippen LogP contribution in [0.15, 0.2) is 12.1 Å². The fourth-order valence-electron chi connectivity index (χ4n) is 0.983. The summed E-state index contributed by atoms with van der Waals surface area (Å²) in [6, 6.07) is 2.70. The highest BCUT2D eigenvalue weighted by atomic mass is 35.5. The first kappa shape index (κ1) is 11.5. The minimum atomic E-state index is -1.22. The van der Waals surface area contributed by atoms with Crippen molar-refractivity contribution >= 4 is 23.5 Å². The molecular formula is C9H8ClNO4. The van der Waals surface area contributed by atoms with E-state index in [1.165, 1.54) is 19.2 Å². The monoisotopic (exact) mass is 229 g/mol. The maximum absolute atomic E-state index is 11.1. The lowest BCUT2D eigenvalue weighted by molar-refractivity contribution is 0.0593. The van der Waals surface area contributed by atoms with E-state index in [4.69, 9.17) is 16.7 Å². The second-order valence-corrected chi connectivity index (χ2v) is 2.94. The number of pyridine rings is 1. The number of esters is 1. The van der Waals surface area contributed by atoms with Crippen LogP contribution >= 0.6 is 11.6 Å². The molecule has 15 heavy (non-hydrogen) atoms. The molecule has 1 heterocycles. The Labute approximate surface area is 90.6 Å². The lowest BCUT2D eigenvalue weighted by Crippen LogP contribution is -2.10. The average molecular weight is 230 g/mol. The molecule has 0 saturated carbocycles. The van der Waals surface area contributed by atoms with Gasteiger partial charge in [0.15, 0.2) is 0 Å². The first-order valence-corrected chi connectivity index (χ1v) is 4.50. The van der Waals surface area contributed by atoms with Gasteiger partial charge in [-0.25, -0.2) is 14.6 Å². The fourth-order valence-corrected chi connectivity index (χ4v) is 1.14. The van der Waals surface area contributed by atoms with Gasteiger partial charge in [-0.05, 0) is 17.7 Å². The van der Waals surface area contributed by atoms with Gasteiger partial charge in [0, 0.05) is 5.88 Å². The molecule has 0 aliphatic carbocycles. The van der Waals surface area contributed by atoms with E-state index in [1.54, 1.807) is 0 Å². The van der Waals surface area contributed by atoms with Crippen LogP contribution in [-0.4, -0.2) is 29.1 Å². The Hall–Kier alpha value is -1.62. The van der Waals surface area contributed by atoms with Crippen LogP contribution in [-0.2, 0) is 10.6 Å². The molecule has 1 N–H and O–H groups in total. The van der Waals surface area contributed by atoms with E-state index in [-0.39, 0.29) is 17.3 Å². The number of hydrogen-bond donors (Lipinski definition) is 1. The zero-order valence-corrected chi connectivity index (χ0v) is 8.61. The summed E-state index contributed by atoms with van der Waals surface area (Å²) < 4.78 is 4.43. The summed E-state index contributed by atoms with van der Waals surface area (Å²) >= 11 is 5.55. The number of alkyl halides is 1. The molecule has 0 aliphatic rings. The van der Waals surface area contributed by atoms with Crippen molar-refractivity contribution in [2.45, 2.75) is 5.88 Å². The molecule has 0 saturated heterocycles. The number of aromatic carboxylic acids is 1. The van der Waals surface area contributed by atoms with Crippen LogP contribution in [0.3, 0.4) is 0 Å². The lowest BCUT2D eigenvalue weighted by atomic mass is 10.2. The van der Waals surface area contributed by atoms with Crippen molar-refractivity contribution in [3.63, 3.8) is 0 Å². The molecule has 1 aromatic heterocycles. The van der Waals surface area contributed by atoms with Gasteiger partial charge < -0.3 is 9.84 Å². The van der Waals surface area contributed by atoms with Crippen molar-refractivity contribution in [2.75, 3.05) is 7.11 Å². The Morgan fingerprint density at radius 1 is 1.47 bits per heavy atom. The van der Waals surface area contributed by atoms with Gasteiger partial charge in [-0.2, -0.15) is 0 Å². The third-order valence-corrected chi connectivity index (χ3v) is 1.96. The molecule has 0 bridgehead atoms. The first-order valence-electron chi connectivity index (χ1n) is 3.97. The van der Waals surface area contributed by atoms with Crippen LogP contribution in [0, 0.1) is 0 Å². The van der Waals surface area contributed by atoms with E-state index in [1.807, 2.05) is 0 Å². The van der Waals surface area contributed by atoms with Gasteiger partial charge >= 0.3 is 11.9 Å². The first-order chi connectivity index (χ1) is 7.08. The molecule has 0 fully saturated rings. The molecule has 6 heteroatoms. The Balaban J connectivity index is 3.23. The van der Waals surface area contributed by atoms with Crippen molar-refractivity contribution in [3.8, 4) is 0 Å². The summed E-state index contributed by atoms with van der Waals surface area (Å²) in [5.74, 6) is -1.80. The Kier molecular flexibility index (Phi) is 3.62. The topological polar surface area (TPSA) is 76.5 Å². The number of aromatic nitrogens is 1. The van der Waals surface area contributed by atoms with Crippen LogP contribution < -0.4 is 0 Å². The SMILES string of the molecule is COC(=O)c1cc(CCl)cc(C(=O)O)n1. The number of nitrogens with zero attached hydrogens (tertiary/aromatic N) is 1. The third-order valence-electron chi connectivity index (χ3n) is 1.65. The largest absolute Gasteiger partial charge is 0.477 e. The van der Waals surface area contributed by atoms with E-state index in [2.05, 4.69) is 9.72 Å². The molecule has 1 rings (SSSR count). The number of halogens is 1. The highest BCUT2D eigenvalue weighted by Gasteiger charge is 2.13. The van der Waals surface area contributed by atoms with Crippen molar-refractivity contribution in [2.24, 2.45) is 0 Å². The lowest BCUT2D eigenvalue weighted by Gasteiger charge is -2.02. The van der Waals surface area contributed by atoms with E-state index < -0.39 is 11.9 Å². The Bertz CT molecular complexity index is 405. The number of ether oxygens (including phenoxy) is 1. The number of carboxylic acids is 1. The van der Waals surface area contributed by atoms with Gasteiger partial charge in [-0.1, -0.05) is 0 Å². The van der Waals surface area contributed by atoms with Crippen LogP contribution in [0.2, 0.25) is 0 Å². The normalized spacial score (nSPS) is 9.73. The minimum absolute atomic E-state index is 0.0620.